The maximum Gasteiger partial charge on any atom is 0.0660 e. The summed E-state index contributed by atoms with van der Waals surface area (Å²) >= 11 is 9.24. The van der Waals surface area contributed by atoms with E-state index in [4.69, 9.17) is 18.0 Å². The van der Waals surface area contributed by atoms with Crippen LogP contribution in [-0.4, -0.2) is 6.04 Å². The fourth-order valence-corrected chi connectivity index (χ4v) is 1.52. The van der Waals surface area contributed by atoms with Crippen molar-refractivity contribution in [3.8, 4) is 12.3 Å². The summed E-state index contributed by atoms with van der Waals surface area (Å²) in [6.07, 6.45) is 5.25. The van der Waals surface area contributed by atoms with Crippen molar-refractivity contribution in [1.29, 1.82) is 0 Å². The summed E-state index contributed by atoms with van der Waals surface area (Å²) in [5, 5.41) is 3.92. The molecule has 1 aromatic carbocycles. The minimum Gasteiger partial charge on any atom is -0.300 e. The summed E-state index contributed by atoms with van der Waals surface area (Å²) in [6, 6.07) is 5.91. The molecule has 74 valence electrons. The van der Waals surface area contributed by atoms with Gasteiger partial charge in [0, 0.05) is 11.0 Å². The van der Waals surface area contributed by atoms with E-state index in [0.29, 0.717) is 0 Å². The molecule has 1 nitrogen and oxygen atoms in total. The molecule has 0 aliphatic heterocycles. The van der Waals surface area contributed by atoms with Gasteiger partial charge in [-0.1, -0.05) is 23.6 Å². The largest absolute Gasteiger partial charge is 0.300 e. The molecule has 14 heavy (non-hydrogen) atoms. The van der Waals surface area contributed by atoms with E-state index in [2.05, 4.69) is 27.2 Å². The van der Waals surface area contributed by atoms with Gasteiger partial charge in [-0.15, -0.1) is 6.42 Å². The highest BCUT2D eigenvalue weighted by Crippen LogP contribution is 2.23. The molecule has 1 atom stereocenters. The molecule has 0 bridgehead atoms. The van der Waals surface area contributed by atoms with Gasteiger partial charge in [0.15, 0.2) is 0 Å². The molecule has 0 aliphatic carbocycles. The lowest BCUT2D eigenvalue weighted by Gasteiger charge is -2.08. The molecule has 1 rings (SSSR count). The molecule has 0 fully saturated rings. The molecule has 0 saturated carbocycles. The summed E-state index contributed by atoms with van der Waals surface area (Å²) in [5.74, 6) is 2.61. The number of hydrogen-bond acceptors (Lipinski definition) is 1. The van der Waals surface area contributed by atoms with Gasteiger partial charge in [-0.3, -0.25) is 5.32 Å². The zero-order valence-electron chi connectivity index (χ0n) is 7.85. The number of hydrogen-bond donors (Lipinski definition) is 1. The average Bonchev–Trinajstić information content (AvgIpc) is 2.19. The minimum atomic E-state index is 0.0875. The van der Waals surface area contributed by atoms with Gasteiger partial charge >= 0.3 is 0 Å². The van der Waals surface area contributed by atoms with Crippen molar-refractivity contribution in [3.05, 3.63) is 33.3 Å². The van der Waals surface area contributed by atoms with Crippen molar-refractivity contribution in [2.24, 2.45) is 0 Å². The first-order valence-electron chi connectivity index (χ1n) is 4.27. The van der Waals surface area contributed by atoms with E-state index in [1.165, 1.54) is 0 Å². The van der Waals surface area contributed by atoms with Gasteiger partial charge in [0.25, 0.3) is 0 Å². The van der Waals surface area contributed by atoms with E-state index >= 15 is 0 Å². The van der Waals surface area contributed by atoms with Crippen molar-refractivity contribution in [2.45, 2.75) is 19.5 Å². The molecule has 0 radical (unpaired) electrons. The van der Waals surface area contributed by atoms with Crippen molar-refractivity contribution < 1.29 is 0 Å². The van der Waals surface area contributed by atoms with E-state index in [1.54, 1.807) is 0 Å². The Hall–Kier alpha value is -0.490. The van der Waals surface area contributed by atoms with Gasteiger partial charge in [-0.2, -0.15) is 0 Å². The normalized spacial score (nSPS) is 12.1. The predicted octanol–water partition coefficient (Wildman–Crippen LogP) is 3.21. The van der Waals surface area contributed by atoms with Gasteiger partial charge < -0.3 is 0 Å². The van der Waals surface area contributed by atoms with Crippen LogP contribution in [0.5, 0.6) is 0 Å². The summed E-state index contributed by atoms with van der Waals surface area (Å²) in [6.45, 7) is 2.70. The third-order valence-electron chi connectivity index (χ3n) is 1.85. The Kier molecular flexibility index (Phi) is 4.47. The Morgan fingerprint density at radius 2 is 2.36 bits per heavy atom. The fourth-order valence-electron chi connectivity index (χ4n) is 0.979. The van der Waals surface area contributed by atoms with Crippen LogP contribution in [0.15, 0.2) is 22.7 Å². The highest BCUT2D eigenvalue weighted by molar-refractivity contribution is 9.10. The Balaban J connectivity index is 2.61. The summed E-state index contributed by atoms with van der Waals surface area (Å²) in [4.78, 5) is 0. The fraction of sp³-hybridized carbons (Fsp3) is 0.273. The van der Waals surface area contributed by atoms with Crippen LogP contribution in [0.25, 0.3) is 0 Å². The number of terminal acetylenes is 1. The molecule has 1 N–H and O–H groups in total. The lowest BCUT2D eigenvalue weighted by Crippen LogP contribution is -2.23. The third kappa shape index (κ3) is 3.34. The standard InChI is InChI=1S/C11H11BrClN/c1-3-8(2)14-7-9-4-5-11(13)10(12)6-9/h1,4-6,8,14H,7H2,2H3. The Bertz CT molecular complexity index is 357. The lowest BCUT2D eigenvalue weighted by molar-refractivity contribution is 0.648. The number of halogens is 2. The van der Waals surface area contributed by atoms with Crippen LogP contribution in [0.1, 0.15) is 12.5 Å². The SMILES string of the molecule is C#CC(C)NCc1ccc(Cl)c(Br)c1. The highest BCUT2D eigenvalue weighted by atomic mass is 79.9. The quantitative estimate of drug-likeness (QED) is 0.833. The van der Waals surface area contributed by atoms with Crippen LogP contribution in [0, 0.1) is 12.3 Å². The topological polar surface area (TPSA) is 12.0 Å². The number of rotatable bonds is 3. The van der Waals surface area contributed by atoms with Crippen molar-refractivity contribution in [1.82, 2.24) is 5.32 Å². The molecule has 1 unspecified atom stereocenters. The van der Waals surface area contributed by atoms with Crippen LogP contribution in [0.4, 0.5) is 0 Å². The maximum atomic E-state index is 5.87. The summed E-state index contributed by atoms with van der Waals surface area (Å²) in [5.41, 5.74) is 1.16. The second kappa shape index (κ2) is 5.41. The molecule has 0 aromatic heterocycles. The van der Waals surface area contributed by atoms with Crippen LogP contribution in [0.3, 0.4) is 0 Å². The minimum absolute atomic E-state index is 0.0875. The number of nitrogens with one attached hydrogen (secondary N) is 1. The Morgan fingerprint density at radius 3 is 2.93 bits per heavy atom. The lowest BCUT2D eigenvalue weighted by atomic mass is 10.2. The van der Waals surface area contributed by atoms with Gasteiger partial charge in [0.2, 0.25) is 0 Å². The molecule has 0 spiro atoms. The van der Waals surface area contributed by atoms with Crippen LogP contribution < -0.4 is 5.32 Å². The molecule has 0 heterocycles. The monoisotopic (exact) mass is 271 g/mol. The molecule has 1 aromatic rings. The van der Waals surface area contributed by atoms with Crippen molar-refractivity contribution >= 4 is 27.5 Å². The zero-order valence-corrected chi connectivity index (χ0v) is 10.2. The molecular formula is C11H11BrClN. The number of benzene rings is 1. The van der Waals surface area contributed by atoms with Crippen molar-refractivity contribution in [3.63, 3.8) is 0 Å². The van der Waals surface area contributed by atoms with Gasteiger partial charge in [0.1, 0.15) is 0 Å². The molecular weight excluding hydrogens is 261 g/mol. The van der Waals surface area contributed by atoms with Crippen LogP contribution in [-0.2, 0) is 6.54 Å². The van der Waals surface area contributed by atoms with Gasteiger partial charge in [-0.05, 0) is 40.5 Å². The Morgan fingerprint density at radius 1 is 1.64 bits per heavy atom. The Labute approximate surface area is 98.0 Å². The maximum absolute atomic E-state index is 5.87. The zero-order chi connectivity index (χ0) is 10.6. The van der Waals surface area contributed by atoms with E-state index in [-0.39, 0.29) is 6.04 Å². The third-order valence-corrected chi connectivity index (χ3v) is 3.06. The smallest absolute Gasteiger partial charge is 0.0660 e. The van der Waals surface area contributed by atoms with Gasteiger partial charge in [0.05, 0.1) is 11.1 Å². The van der Waals surface area contributed by atoms with Crippen LogP contribution in [0.2, 0.25) is 5.02 Å². The summed E-state index contributed by atoms with van der Waals surface area (Å²) in [7, 11) is 0. The molecule has 0 amide bonds. The van der Waals surface area contributed by atoms with Crippen molar-refractivity contribution in [2.75, 3.05) is 0 Å². The highest BCUT2D eigenvalue weighted by Gasteiger charge is 2.00. The van der Waals surface area contributed by atoms with E-state index in [0.717, 1.165) is 21.6 Å². The first-order valence-corrected chi connectivity index (χ1v) is 5.44. The first-order chi connectivity index (χ1) is 6.63. The molecule has 3 heteroatoms. The molecule has 0 saturated heterocycles. The first kappa shape index (κ1) is 11.6. The molecule has 0 aliphatic rings. The van der Waals surface area contributed by atoms with E-state index in [1.807, 2.05) is 25.1 Å². The van der Waals surface area contributed by atoms with E-state index in [9.17, 15) is 0 Å². The predicted molar refractivity (Wildman–Crippen MR) is 64.3 cm³/mol. The van der Waals surface area contributed by atoms with Gasteiger partial charge in [-0.25, -0.2) is 0 Å². The average molecular weight is 273 g/mol. The second-order valence-corrected chi connectivity index (χ2v) is 4.28. The van der Waals surface area contributed by atoms with E-state index < -0.39 is 0 Å². The summed E-state index contributed by atoms with van der Waals surface area (Å²) < 4.78 is 0.909. The second-order valence-electron chi connectivity index (χ2n) is 3.02. The van der Waals surface area contributed by atoms with Crippen LogP contribution >= 0.6 is 27.5 Å².